The number of carbonyl (C=O) groups excluding carboxylic acids is 1. The maximum Gasteiger partial charge on any atom is 0.126 e. The minimum atomic E-state index is 0.167. The van der Waals surface area contributed by atoms with E-state index < -0.39 is 0 Å². The average molecular weight is 208 g/mol. The van der Waals surface area contributed by atoms with Gasteiger partial charge in [-0.15, -0.1) is 0 Å². The van der Waals surface area contributed by atoms with E-state index in [1.807, 2.05) is 30.3 Å². The Morgan fingerprint density at radius 2 is 1.73 bits per heavy atom. The van der Waals surface area contributed by atoms with Gasteiger partial charge in [0.15, 0.2) is 0 Å². The SMILES string of the molecule is CC(C)=O.CCCCOc1ccccc1. The highest BCUT2D eigenvalue weighted by molar-refractivity contribution is 5.72. The molecule has 0 aliphatic rings. The van der Waals surface area contributed by atoms with Crippen molar-refractivity contribution in [2.45, 2.75) is 33.6 Å². The van der Waals surface area contributed by atoms with Crippen molar-refractivity contribution in [3.63, 3.8) is 0 Å². The van der Waals surface area contributed by atoms with E-state index in [9.17, 15) is 4.79 Å². The zero-order valence-electron chi connectivity index (χ0n) is 9.82. The number of hydrogen-bond donors (Lipinski definition) is 0. The lowest BCUT2D eigenvalue weighted by Gasteiger charge is -2.03. The van der Waals surface area contributed by atoms with Crippen molar-refractivity contribution < 1.29 is 9.53 Å². The third-order valence-electron chi connectivity index (χ3n) is 1.51. The summed E-state index contributed by atoms with van der Waals surface area (Å²) in [5, 5.41) is 0. The summed E-state index contributed by atoms with van der Waals surface area (Å²) in [6.07, 6.45) is 2.32. The van der Waals surface area contributed by atoms with Crippen LogP contribution < -0.4 is 4.74 Å². The molecule has 0 radical (unpaired) electrons. The van der Waals surface area contributed by atoms with Gasteiger partial charge in [-0.1, -0.05) is 31.5 Å². The first-order valence-electron chi connectivity index (χ1n) is 5.31. The molecule has 2 heteroatoms. The van der Waals surface area contributed by atoms with E-state index in [1.54, 1.807) is 0 Å². The maximum atomic E-state index is 9.44. The van der Waals surface area contributed by atoms with Gasteiger partial charge >= 0.3 is 0 Å². The molecule has 84 valence electrons. The van der Waals surface area contributed by atoms with Gasteiger partial charge in [0, 0.05) is 0 Å². The third-order valence-corrected chi connectivity index (χ3v) is 1.51. The van der Waals surface area contributed by atoms with Crippen LogP contribution in [0.2, 0.25) is 0 Å². The quantitative estimate of drug-likeness (QED) is 0.708. The molecule has 0 bridgehead atoms. The van der Waals surface area contributed by atoms with Crippen LogP contribution in [0, 0.1) is 0 Å². The number of hydrogen-bond acceptors (Lipinski definition) is 2. The molecule has 0 aliphatic carbocycles. The number of benzene rings is 1. The Labute approximate surface area is 92.3 Å². The van der Waals surface area contributed by atoms with Gasteiger partial charge in [0.05, 0.1) is 6.61 Å². The lowest BCUT2D eigenvalue weighted by Crippen LogP contribution is -1.95. The lowest BCUT2D eigenvalue weighted by molar-refractivity contribution is -0.114. The van der Waals surface area contributed by atoms with Crippen LogP contribution in [0.15, 0.2) is 30.3 Å². The van der Waals surface area contributed by atoms with Crippen LogP contribution in [0.3, 0.4) is 0 Å². The molecular weight excluding hydrogens is 188 g/mol. The van der Waals surface area contributed by atoms with Gasteiger partial charge in [0.2, 0.25) is 0 Å². The summed E-state index contributed by atoms with van der Waals surface area (Å²) in [7, 11) is 0. The van der Waals surface area contributed by atoms with Crippen molar-refractivity contribution >= 4 is 5.78 Å². The number of ketones is 1. The number of Topliss-reactive ketones (excluding diaryl/α,β-unsaturated/α-hetero) is 1. The van der Waals surface area contributed by atoms with Crippen LogP contribution in [0.4, 0.5) is 0 Å². The predicted molar refractivity (Wildman–Crippen MR) is 63.2 cm³/mol. The Morgan fingerprint density at radius 1 is 1.20 bits per heavy atom. The molecule has 0 unspecified atom stereocenters. The van der Waals surface area contributed by atoms with E-state index in [2.05, 4.69) is 6.92 Å². The van der Waals surface area contributed by atoms with Crippen LogP contribution >= 0.6 is 0 Å². The molecule has 0 saturated heterocycles. The number of ether oxygens (including phenoxy) is 1. The predicted octanol–water partition coefficient (Wildman–Crippen LogP) is 3.46. The standard InChI is InChI=1S/C10H14O.C3H6O/c1-2-3-9-11-10-7-5-4-6-8-10;1-3(2)4/h4-8H,2-3,9H2,1H3;1-2H3. The summed E-state index contributed by atoms with van der Waals surface area (Å²) in [5.41, 5.74) is 0. The topological polar surface area (TPSA) is 26.3 Å². The van der Waals surface area contributed by atoms with Crippen LogP contribution in [-0.4, -0.2) is 12.4 Å². The molecule has 2 nitrogen and oxygen atoms in total. The van der Waals surface area contributed by atoms with Crippen molar-refractivity contribution in [2.24, 2.45) is 0 Å². The number of para-hydroxylation sites is 1. The van der Waals surface area contributed by atoms with Crippen molar-refractivity contribution in [2.75, 3.05) is 6.61 Å². The Bertz CT molecular complexity index is 250. The second-order valence-electron chi connectivity index (χ2n) is 3.42. The van der Waals surface area contributed by atoms with Crippen molar-refractivity contribution in [1.82, 2.24) is 0 Å². The van der Waals surface area contributed by atoms with E-state index in [0.717, 1.165) is 18.8 Å². The molecule has 0 fully saturated rings. The van der Waals surface area contributed by atoms with Crippen LogP contribution in [0.25, 0.3) is 0 Å². The van der Waals surface area contributed by atoms with Crippen molar-refractivity contribution in [3.8, 4) is 5.75 Å². The molecular formula is C13H20O2. The van der Waals surface area contributed by atoms with E-state index in [1.165, 1.54) is 20.3 Å². The van der Waals surface area contributed by atoms with Gasteiger partial charge in [0.25, 0.3) is 0 Å². The minimum Gasteiger partial charge on any atom is -0.494 e. The maximum absolute atomic E-state index is 9.44. The monoisotopic (exact) mass is 208 g/mol. The van der Waals surface area contributed by atoms with E-state index >= 15 is 0 Å². The zero-order valence-corrected chi connectivity index (χ0v) is 9.82. The molecule has 1 rings (SSSR count). The Kier molecular flexibility index (Phi) is 8.44. The van der Waals surface area contributed by atoms with Crippen LogP contribution in [-0.2, 0) is 4.79 Å². The fourth-order valence-electron chi connectivity index (χ4n) is 0.851. The molecule has 0 heterocycles. The second-order valence-corrected chi connectivity index (χ2v) is 3.42. The highest BCUT2D eigenvalue weighted by Crippen LogP contribution is 2.08. The summed E-state index contributed by atoms with van der Waals surface area (Å²) in [6.45, 7) is 6.05. The van der Waals surface area contributed by atoms with Gasteiger partial charge < -0.3 is 9.53 Å². The normalized spacial score (nSPS) is 8.73. The molecule has 0 aromatic heterocycles. The summed E-state index contributed by atoms with van der Waals surface area (Å²) < 4.78 is 5.45. The first-order chi connectivity index (χ1) is 7.16. The fraction of sp³-hybridized carbons (Fsp3) is 0.462. The highest BCUT2D eigenvalue weighted by atomic mass is 16.5. The minimum absolute atomic E-state index is 0.167. The molecule has 0 aliphatic heterocycles. The number of rotatable bonds is 4. The highest BCUT2D eigenvalue weighted by Gasteiger charge is 1.88. The van der Waals surface area contributed by atoms with Gasteiger partial charge in [0.1, 0.15) is 11.5 Å². The first-order valence-corrected chi connectivity index (χ1v) is 5.31. The molecule has 0 atom stereocenters. The van der Waals surface area contributed by atoms with Gasteiger partial charge in [-0.05, 0) is 32.4 Å². The van der Waals surface area contributed by atoms with Crippen LogP contribution in [0.1, 0.15) is 33.6 Å². The summed E-state index contributed by atoms with van der Waals surface area (Å²) in [6, 6.07) is 9.93. The third kappa shape index (κ3) is 10.6. The molecule has 0 saturated carbocycles. The van der Waals surface area contributed by atoms with Crippen LogP contribution in [0.5, 0.6) is 5.75 Å². The molecule has 0 amide bonds. The molecule has 0 spiro atoms. The number of unbranched alkanes of at least 4 members (excludes halogenated alkanes) is 1. The van der Waals surface area contributed by atoms with E-state index in [4.69, 9.17) is 4.74 Å². The lowest BCUT2D eigenvalue weighted by atomic mass is 10.3. The summed E-state index contributed by atoms with van der Waals surface area (Å²) >= 11 is 0. The largest absolute Gasteiger partial charge is 0.494 e. The zero-order chi connectivity index (χ0) is 11.5. The summed E-state index contributed by atoms with van der Waals surface area (Å²) in [4.78, 5) is 9.44. The molecule has 0 N–H and O–H groups in total. The average Bonchev–Trinajstić information content (AvgIpc) is 2.19. The molecule has 1 aromatic carbocycles. The molecule has 1 aromatic rings. The van der Waals surface area contributed by atoms with Crippen molar-refractivity contribution in [3.05, 3.63) is 30.3 Å². The van der Waals surface area contributed by atoms with Gasteiger partial charge in [-0.25, -0.2) is 0 Å². The fourth-order valence-corrected chi connectivity index (χ4v) is 0.851. The Morgan fingerprint density at radius 3 is 2.20 bits per heavy atom. The second kappa shape index (κ2) is 9.25. The Balaban J connectivity index is 0.000000423. The van der Waals surface area contributed by atoms with Crippen molar-refractivity contribution in [1.29, 1.82) is 0 Å². The van der Waals surface area contributed by atoms with Gasteiger partial charge in [-0.2, -0.15) is 0 Å². The van der Waals surface area contributed by atoms with Gasteiger partial charge in [-0.3, -0.25) is 0 Å². The number of carbonyl (C=O) groups is 1. The smallest absolute Gasteiger partial charge is 0.126 e. The van der Waals surface area contributed by atoms with E-state index in [-0.39, 0.29) is 5.78 Å². The summed E-state index contributed by atoms with van der Waals surface area (Å²) in [5.74, 6) is 1.14. The Hall–Kier alpha value is -1.31. The first kappa shape index (κ1) is 13.7. The van der Waals surface area contributed by atoms with E-state index in [0.29, 0.717) is 0 Å². The molecule has 15 heavy (non-hydrogen) atoms.